The molecule has 1 fully saturated rings. The first-order valence-electron chi connectivity index (χ1n) is 7.38. The lowest BCUT2D eigenvalue weighted by Gasteiger charge is -2.17. The number of halogens is 1. The van der Waals surface area contributed by atoms with Crippen molar-refractivity contribution in [3.63, 3.8) is 0 Å². The van der Waals surface area contributed by atoms with E-state index in [0.717, 1.165) is 12.1 Å². The molecule has 2 aromatic rings. The van der Waals surface area contributed by atoms with Gasteiger partial charge in [0, 0.05) is 24.7 Å². The molecule has 1 saturated heterocycles. The van der Waals surface area contributed by atoms with Gasteiger partial charge in [-0.15, -0.1) is 5.10 Å². The molecule has 0 aliphatic carbocycles. The first-order chi connectivity index (χ1) is 11.1. The molecule has 23 heavy (non-hydrogen) atoms. The van der Waals surface area contributed by atoms with Gasteiger partial charge in [0.05, 0.1) is 12.2 Å². The zero-order chi connectivity index (χ0) is 16.2. The highest BCUT2D eigenvalue weighted by molar-refractivity contribution is 5.89. The number of carbonyl (C=O) groups is 1. The van der Waals surface area contributed by atoms with E-state index in [-0.39, 0.29) is 18.0 Å². The third-order valence-electron chi connectivity index (χ3n) is 3.59. The summed E-state index contributed by atoms with van der Waals surface area (Å²) in [6.45, 7) is 2.92. The molecule has 0 saturated carbocycles. The number of ether oxygens (including phenoxy) is 1. The minimum atomic E-state index is -0.336. The zero-order valence-corrected chi connectivity index (χ0v) is 12.7. The van der Waals surface area contributed by atoms with Crippen LogP contribution in [0.25, 0.3) is 0 Å². The Balaban J connectivity index is 1.53. The Morgan fingerprint density at radius 3 is 2.74 bits per heavy atom. The van der Waals surface area contributed by atoms with E-state index in [9.17, 15) is 9.18 Å². The fourth-order valence-electron chi connectivity index (χ4n) is 2.36. The molecule has 1 aromatic carbocycles. The van der Waals surface area contributed by atoms with Gasteiger partial charge in [0.15, 0.2) is 0 Å². The van der Waals surface area contributed by atoms with Crippen LogP contribution in [0.5, 0.6) is 5.88 Å². The summed E-state index contributed by atoms with van der Waals surface area (Å²) >= 11 is 0. The lowest BCUT2D eigenvalue weighted by atomic mass is 10.3. The van der Waals surface area contributed by atoms with Crippen LogP contribution >= 0.6 is 0 Å². The van der Waals surface area contributed by atoms with E-state index in [4.69, 9.17) is 4.74 Å². The maximum Gasteiger partial charge on any atom is 0.321 e. The Morgan fingerprint density at radius 2 is 2.04 bits per heavy atom. The zero-order valence-electron chi connectivity index (χ0n) is 12.7. The fraction of sp³-hybridized carbons (Fsp3) is 0.312. The topological polar surface area (TPSA) is 67.3 Å². The monoisotopic (exact) mass is 316 g/mol. The van der Waals surface area contributed by atoms with Crippen molar-refractivity contribution in [2.75, 3.05) is 18.4 Å². The number of likely N-dealkylation sites (tertiary alicyclic amines) is 1. The van der Waals surface area contributed by atoms with E-state index in [2.05, 4.69) is 15.5 Å². The molecule has 0 spiro atoms. The number of nitrogens with one attached hydrogen (secondary N) is 1. The Kier molecular flexibility index (Phi) is 4.36. The van der Waals surface area contributed by atoms with E-state index in [0.29, 0.717) is 24.7 Å². The summed E-state index contributed by atoms with van der Waals surface area (Å²) in [6.07, 6.45) is 0.623. The number of urea groups is 1. The van der Waals surface area contributed by atoms with E-state index in [1.54, 1.807) is 11.0 Å². The predicted octanol–water partition coefficient (Wildman–Crippen LogP) is 2.61. The van der Waals surface area contributed by atoms with Crippen LogP contribution in [0.15, 0.2) is 36.4 Å². The van der Waals surface area contributed by atoms with Crippen molar-refractivity contribution in [1.29, 1.82) is 0 Å². The highest BCUT2D eigenvalue weighted by Gasteiger charge is 2.28. The molecule has 1 N–H and O–H groups in total. The van der Waals surface area contributed by atoms with Crippen molar-refractivity contribution < 1.29 is 13.9 Å². The van der Waals surface area contributed by atoms with Crippen molar-refractivity contribution in [3.05, 3.63) is 47.9 Å². The summed E-state index contributed by atoms with van der Waals surface area (Å²) in [6, 6.07) is 9.04. The van der Waals surface area contributed by atoms with Crippen LogP contribution in [0, 0.1) is 12.7 Å². The molecule has 1 aromatic heterocycles. The van der Waals surface area contributed by atoms with Crippen molar-refractivity contribution >= 4 is 11.7 Å². The molecule has 1 aliphatic heterocycles. The second-order valence-corrected chi connectivity index (χ2v) is 5.42. The van der Waals surface area contributed by atoms with Gasteiger partial charge in [0.25, 0.3) is 0 Å². The lowest BCUT2D eigenvalue weighted by Crippen LogP contribution is -2.34. The molecular formula is C16H17FN4O2. The van der Waals surface area contributed by atoms with Gasteiger partial charge in [-0.1, -0.05) is 0 Å². The van der Waals surface area contributed by atoms with Crippen LogP contribution < -0.4 is 10.1 Å². The van der Waals surface area contributed by atoms with Gasteiger partial charge in [-0.05, 0) is 37.3 Å². The van der Waals surface area contributed by atoms with Gasteiger partial charge in [0.1, 0.15) is 11.9 Å². The van der Waals surface area contributed by atoms with Crippen LogP contribution in [0.2, 0.25) is 0 Å². The number of rotatable bonds is 3. The average molecular weight is 316 g/mol. The number of carbonyl (C=O) groups excluding carboxylic acids is 1. The predicted molar refractivity (Wildman–Crippen MR) is 82.8 cm³/mol. The Hall–Kier alpha value is -2.70. The molecule has 1 atom stereocenters. The number of hydrogen-bond acceptors (Lipinski definition) is 4. The average Bonchev–Trinajstić information content (AvgIpc) is 3.00. The van der Waals surface area contributed by atoms with E-state index in [1.165, 1.54) is 24.3 Å². The first-order valence-corrected chi connectivity index (χ1v) is 7.38. The van der Waals surface area contributed by atoms with Crippen LogP contribution in [-0.4, -0.2) is 40.3 Å². The normalized spacial score (nSPS) is 17.1. The Bertz CT molecular complexity index is 675. The number of hydrogen-bond donors (Lipinski definition) is 1. The minimum Gasteiger partial charge on any atom is -0.471 e. The number of aromatic nitrogens is 2. The smallest absolute Gasteiger partial charge is 0.321 e. The SMILES string of the molecule is Cc1ccc(OC2CCN(C(=O)Nc3ccc(F)cc3)C2)nn1. The van der Waals surface area contributed by atoms with Crippen molar-refractivity contribution in [3.8, 4) is 5.88 Å². The molecule has 120 valence electrons. The standard InChI is InChI=1S/C16H17FN4O2/c1-11-2-7-15(20-19-11)23-14-8-9-21(10-14)16(22)18-13-5-3-12(17)4-6-13/h2-7,14H,8-10H2,1H3,(H,18,22). The Labute approximate surface area is 133 Å². The van der Waals surface area contributed by atoms with Crippen LogP contribution in [-0.2, 0) is 0 Å². The van der Waals surface area contributed by atoms with Crippen LogP contribution in [0.1, 0.15) is 12.1 Å². The number of nitrogens with zero attached hydrogens (tertiary/aromatic N) is 3. The number of amides is 2. The van der Waals surface area contributed by atoms with Crippen molar-refractivity contribution in [2.45, 2.75) is 19.4 Å². The van der Waals surface area contributed by atoms with Gasteiger partial charge in [0.2, 0.25) is 5.88 Å². The van der Waals surface area contributed by atoms with Gasteiger partial charge < -0.3 is 15.0 Å². The second kappa shape index (κ2) is 6.60. The maximum atomic E-state index is 12.9. The van der Waals surface area contributed by atoms with Gasteiger partial charge >= 0.3 is 6.03 Å². The summed E-state index contributed by atoms with van der Waals surface area (Å²) < 4.78 is 18.6. The maximum absolute atomic E-state index is 12.9. The summed E-state index contributed by atoms with van der Waals surface area (Å²) in [7, 11) is 0. The highest BCUT2D eigenvalue weighted by Crippen LogP contribution is 2.17. The molecule has 7 heteroatoms. The van der Waals surface area contributed by atoms with Crippen LogP contribution in [0.3, 0.4) is 0 Å². The molecule has 2 heterocycles. The molecule has 0 radical (unpaired) electrons. The quantitative estimate of drug-likeness (QED) is 0.945. The molecule has 1 aliphatic rings. The fourth-order valence-corrected chi connectivity index (χ4v) is 2.36. The summed E-state index contributed by atoms with van der Waals surface area (Å²) in [5.74, 6) is 0.123. The van der Waals surface area contributed by atoms with Crippen molar-refractivity contribution in [2.24, 2.45) is 0 Å². The second-order valence-electron chi connectivity index (χ2n) is 5.42. The first kappa shape index (κ1) is 15.2. The number of aryl methyl sites for hydroxylation is 1. The number of anilines is 1. The third-order valence-corrected chi connectivity index (χ3v) is 3.59. The number of benzene rings is 1. The molecule has 2 amide bonds. The molecule has 6 nitrogen and oxygen atoms in total. The van der Waals surface area contributed by atoms with Gasteiger partial charge in [-0.3, -0.25) is 0 Å². The van der Waals surface area contributed by atoms with E-state index < -0.39 is 0 Å². The third kappa shape index (κ3) is 3.94. The van der Waals surface area contributed by atoms with Crippen molar-refractivity contribution in [1.82, 2.24) is 15.1 Å². The van der Waals surface area contributed by atoms with Gasteiger partial charge in [-0.2, -0.15) is 5.10 Å². The van der Waals surface area contributed by atoms with E-state index in [1.807, 2.05) is 13.0 Å². The van der Waals surface area contributed by atoms with Gasteiger partial charge in [-0.25, -0.2) is 9.18 Å². The molecule has 1 unspecified atom stereocenters. The summed E-state index contributed by atoms with van der Waals surface area (Å²) in [5.41, 5.74) is 1.38. The van der Waals surface area contributed by atoms with E-state index >= 15 is 0 Å². The highest BCUT2D eigenvalue weighted by atomic mass is 19.1. The molecular weight excluding hydrogens is 299 g/mol. The summed E-state index contributed by atoms with van der Waals surface area (Å²) in [5, 5.41) is 10.6. The lowest BCUT2D eigenvalue weighted by molar-refractivity contribution is 0.188. The Morgan fingerprint density at radius 1 is 1.26 bits per heavy atom. The largest absolute Gasteiger partial charge is 0.471 e. The molecule has 3 rings (SSSR count). The molecule has 0 bridgehead atoms. The summed E-state index contributed by atoms with van der Waals surface area (Å²) in [4.78, 5) is 13.8. The minimum absolute atomic E-state index is 0.106. The van der Waals surface area contributed by atoms with Crippen LogP contribution in [0.4, 0.5) is 14.9 Å².